The lowest BCUT2D eigenvalue weighted by Crippen LogP contribution is -2.46. The van der Waals surface area contributed by atoms with E-state index in [2.05, 4.69) is 24.3 Å². The number of amides is 1. The van der Waals surface area contributed by atoms with Gasteiger partial charge < -0.3 is 10.4 Å². The van der Waals surface area contributed by atoms with E-state index >= 15 is 0 Å². The highest BCUT2D eigenvalue weighted by atomic mass is 35.5. The predicted octanol–water partition coefficient (Wildman–Crippen LogP) is 1.24. The van der Waals surface area contributed by atoms with Gasteiger partial charge in [0.25, 0.3) is 0 Å². The molecule has 0 unspecified atom stereocenters. The molecule has 2 atom stereocenters. The van der Waals surface area contributed by atoms with Gasteiger partial charge in [0, 0.05) is 31.5 Å². The summed E-state index contributed by atoms with van der Waals surface area (Å²) in [5.41, 5.74) is -0.340. The minimum Gasteiger partial charge on any atom is -0.480 e. The molecule has 2 aliphatic rings. The molecule has 0 spiro atoms. The predicted molar refractivity (Wildman–Crippen MR) is 95.5 cm³/mol. The van der Waals surface area contributed by atoms with Gasteiger partial charge in [-0.05, 0) is 30.7 Å². The van der Waals surface area contributed by atoms with Gasteiger partial charge in [0.2, 0.25) is 5.91 Å². The number of nitrogens with zero attached hydrogens (tertiary/aromatic N) is 3. The van der Waals surface area contributed by atoms with Crippen molar-refractivity contribution in [1.29, 1.82) is 0 Å². The van der Waals surface area contributed by atoms with Crippen LogP contribution in [0.2, 0.25) is 0 Å². The standard InChI is InChI=1S/C17H26N4O3.ClH/c1-12(2)13-8-20(10-15(22)23)9-14(13)19-16(24)17(4-5-17)11-21-7-3-6-18-21;/h3,6-7,12-14H,4-5,8-11H2,1-2H3,(H,19,24)(H,22,23);1H/t13-,14+;/m1./s1. The SMILES string of the molecule is CC(C)[C@H]1CN(CC(=O)O)C[C@@H]1NC(=O)C1(Cn2cccn2)CC1.Cl. The molecule has 1 aromatic rings. The summed E-state index contributed by atoms with van der Waals surface area (Å²) in [7, 11) is 0. The lowest BCUT2D eigenvalue weighted by Gasteiger charge is -2.25. The maximum atomic E-state index is 12.8. The zero-order chi connectivity index (χ0) is 17.3. The van der Waals surface area contributed by atoms with E-state index in [1.54, 1.807) is 6.20 Å². The Balaban J connectivity index is 0.00000225. The van der Waals surface area contributed by atoms with E-state index in [-0.39, 0.29) is 42.2 Å². The highest BCUT2D eigenvalue weighted by Crippen LogP contribution is 2.47. The molecule has 2 N–H and O–H groups in total. The molecule has 25 heavy (non-hydrogen) atoms. The Bertz CT molecular complexity index is 601. The van der Waals surface area contributed by atoms with E-state index in [1.807, 2.05) is 21.8 Å². The number of carbonyl (C=O) groups is 2. The maximum Gasteiger partial charge on any atom is 0.317 e. The van der Waals surface area contributed by atoms with Crippen LogP contribution >= 0.6 is 12.4 Å². The summed E-state index contributed by atoms with van der Waals surface area (Å²) >= 11 is 0. The second-order valence-electron chi connectivity index (χ2n) is 7.56. The van der Waals surface area contributed by atoms with Crippen molar-refractivity contribution in [3.05, 3.63) is 18.5 Å². The Morgan fingerprint density at radius 2 is 2.08 bits per heavy atom. The van der Waals surface area contributed by atoms with Crippen LogP contribution in [0.5, 0.6) is 0 Å². The third kappa shape index (κ3) is 4.52. The number of carboxylic acid groups (broad SMARTS) is 1. The number of rotatable bonds is 7. The molecule has 0 radical (unpaired) electrons. The summed E-state index contributed by atoms with van der Waals surface area (Å²) in [6.07, 6.45) is 5.38. The largest absolute Gasteiger partial charge is 0.480 e. The number of carboxylic acids is 1. The molecule has 1 aromatic heterocycles. The van der Waals surface area contributed by atoms with Crippen LogP contribution in [-0.2, 0) is 16.1 Å². The van der Waals surface area contributed by atoms with Crippen molar-refractivity contribution in [3.63, 3.8) is 0 Å². The molecular weight excluding hydrogens is 344 g/mol. The molecule has 1 amide bonds. The number of aliphatic carboxylic acids is 1. The van der Waals surface area contributed by atoms with Gasteiger partial charge in [-0.15, -0.1) is 12.4 Å². The highest BCUT2D eigenvalue weighted by molar-refractivity contribution is 5.85. The lowest BCUT2D eigenvalue weighted by atomic mass is 9.90. The van der Waals surface area contributed by atoms with E-state index in [0.29, 0.717) is 19.0 Å². The Hall–Kier alpha value is -1.60. The number of hydrogen-bond donors (Lipinski definition) is 2. The number of halogens is 1. The van der Waals surface area contributed by atoms with E-state index in [1.165, 1.54) is 0 Å². The van der Waals surface area contributed by atoms with Crippen molar-refractivity contribution in [3.8, 4) is 0 Å². The topological polar surface area (TPSA) is 87.5 Å². The van der Waals surface area contributed by atoms with Crippen molar-refractivity contribution >= 4 is 24.3 Å². The summed E-state index contributed by atoms with van der Waals surface area (Å²) in [6.45, 7) is 6.24. The smallest absolute Gasteiger partial charge is 0.317 e. The van der Waals surface area contributed by atoms with Crippen molar-refractivity contribution in [2.24, 2.45) is 17.3 Å². The molecule has 140 valence electrons. The maximum absolute atomic E-state index is 12.8. The third-order valence-electron chi connectivity index (χ3n) is 5.33. The summed E-state index contributed by atoms with van der Waals surface area (Å²) in [4.78, 5) is 25.7. The average molecular weight is 371 g/mol. The Morgan fingerprint density at radius 1 is 1.36 bits per heavy atom. The van der Waals surface area contributed by atoms with Gasteiger partial charge in [0.1, 0.15) is 0 Å². The van der Waals surface area contributed by atoms with Crippen molar-refractivity contribution in [1.82, 2.24) is 20.0 Å². The highest BCUT2D eigenvalue weighted by Gasteiger charge is 2.51. The average Bonchev–Trinajstić information content (AvgIpc) is 2.91. The molecule has 8 heteroatoms. The van der Waals surface area contributed by atoms with Gasteiger partial charge in [-0.2, -0.15) is 5.10 Å². The number of nitrogens with one attached hydrogen (secondary N) is 1. The second-order valence-corrected chi connectivity index (χ2v) is 7.56. The fraction of sp³-hybridized carbons (Fsp3) is 0.706. The van der Waals surface area contributed by atoms with Crippen molar-refractivity contribution < 1.29 is 14.7 Å². The van der Waals surface area contributed by atoms with Crippen LogP contribution in [-0.4, -0.2) is 57.3 Å². The van der Waals surface area contributed by atoms with Gasteiger partial charge >= 0.3 is 5.97 Å². The molecule has 1 aliphatic carbocycles. The fourth-order valence-corrected chi connectivity index (χ4v) is 3.70. The quantitative estimate of drug-likeness (QED) is 0.754. The van der Waals surface area contributed by atoms with Crippen LogP contribution in [0.1, 0.15) is 26.7 Å². The monoisotopic (exact) mass is 370 g/mol. The lowest BCUT2D eigenvalue weighted by molar-refractivity contribution is -0.138. The van der Waals surface area contributed by atoms with Gasteiger partial charge in [-0.25, -0.2) is 0 Å². The van der Waals surface area contributed by atoms with E-state index < -0.39 is 5.97 Å². The Labute approximate surface area is 154 Å². The summed E-state index contributed by atoms with van der Waals surface area (Å²) in [6, 6.07) is 1.88. The van der Waals surface area contributed by atoms with Crippen LogP contribution in [0.25, 0.3) is 0 Å². The Morgan fingerprint density at radius 3 is 2.60 bits per heavy atom. The van der Waals surface area contributed by atoms with Crippen LogP contribution in [0.3, 0.4) is 0 Å². The number of aromatic nitrogens is 2. The molecule has 3 rings (SSSR count). The molecule has 2 fully saturated rings. The minimum absolute atomic E-state index is 0. The molecule has 1 aliphatic heterocycles. The van der Waals surface area contributed by atoms with Crippen LogP contribution in [0.4, 0.5) is 0 Å². The van der Waals surface area contributed by atoms with Gasteiger partial charge in [0.05, 0.1) is 18.5 Å². The zero-order valence-electron chi connectivity index (χ0n) is 14.7. The first-order valence-electron chi connectivity index (χ1n) is 8.62. The first-order valence-corrected chi connectivity index (χ1v) is 8.62. The molecule has 1 saturated heterocycles. The van der Waals surface area contributed by atoms with Crippen LogP contribution in [0, 0.1) is 17.3 Å². The minimum atomic E-state index is -0.818. The van der Waals surface area contributed by atoms with Gasteiger partial charge in [0.15, 0.2) is 0 Å². The van der Waals surface area contributed by atoms with Crippen LogP contribution in [0.15, 0.2) is 18.5 Å². The molecule has 0 aromatic carbocycles. The summed E-state index contributed by atoms with van der Waals surface area (Å²) in [5, 5.41) is 16.4. The fourth-order valence-electron chi connectivity index (χ4n) is 3.70. The Kier molecular flexibility index (Phi) is 6.11. The van der Waals surface area contributed by atoms with Crippen molar-refractivity contribution in [2.45, 2.75) is 39.3 Å². The molecule has 0 bridgehead atoms. The molecular formula is C17H27ClN4O3. The number of carbonyl (C=O) groups excluding carboxylic acids is 1. The summed E-state index contributed by atoms with van der Waals surface area (Å²) in [5.74, 6) is -0.0446. The summed E-state index contributed by atoms with van der Waals surface area (Å²) < 4.78 is 1.82. The normalized spacial score (nSPS) is 24.8. The zero-order valence-corrected chi connectivity index (χ0v) is 15.5. The van der Waals surface area contributed by atoms with E-state index in [9.17, 15) is 9.59 Å². The molecule has 2 heterocycles. The molecule has 7 nitrogen and oxygen atoms in total. The van der Waals surface area contributed by atoms with Gasteiger partial charge in [-0.1, -0.05) is 13.8 Å². The van der Waals surface area contributed by atoms with Gasteiger partial charge in [-0.3, -0.25) is 19.2 Å². The number of hydrogen-bond acceptors (Lipinski definition) is 4. The first-order chi connectivity index (χ1) is 11.4. The van der Waals surface area contributed by atoms with E-state index in [4.69, 9.17) is 5.11 Å². The van der Waals surface area contributed by atoms with E-state index in [0.717, 1.165) is 19.4 Å². The molecule has 1 saturated carbocycles. The van der Waals surface area contributed by atoms with Crippen LogP contribution < -0.4 is 5.32 Å². The second kappa shape index (κ2) is 7.74. The third-order valence-corrected chi connectivity index (χ3v) is 5.33. The van der Waals surface area contributed by atoms with Crippen molar-refractivity contribution in [2.75, 3.05) is 19.6 Å². The number of likely N-dealkylation sites (tertiary alicyclic amines) is 1. The first kappa shape index (κ1) is 19.7.